The van der Waals surface area contributed by atoms with E-state index in [0.29, 0.717) is 23.0 Å². The van der Waals surface area contributed by atoms with E-state index in [1.54, 1.807) is 24.3 Å². The van der Waals surface area contributed by atoms with Crippen LogP contribution in [0.4, 0.5) is 4.79 Å². The number of imide groups is 1. The molecule has 0 saturated carbocycles. The van der Waals surface area contributed by atoms with E-state index in [2.05, 4.69) is 5.92 Å². The van der Waals surface area contributed by atoms with Crippen LogP contribution >= 0.6 is 11.8 Å². The maximum atomic E-state index is 13.0. The molecule has 2 amide bonds. The molecule has 1 saturated heterocycles. The van der Waals surface area contributed by atoms with E-state index < -0.39 is 0 Å². The highest BCUT2D eigenvalue weighted by Gasteiger charge is 2.35. The summed E-state index contributed by atoms with van der Waals surface area (Å²) in [4.78, 5) is 27.3. The predicted octanol–water partition coefficient (Wildman–Crippen LogP) is 5.49. The first-order valence-corrected chi connectivity index (χ1v) is 11.0. The van der Waals surface area contributed by atoms with Gasteiger partial charge in [0.1, 0.15) is 6.61 Å². The number of terminal acetylenes is 1. The zero-order valence-electron chi connectivity index (χ0n) is 17.5. The van der Waals surface area contributed by atoms with Crippen LogP contribution in [0.5, 0.6) is 11.5 Å². The summed E-state index contributed by atoms with van der Waals surface area (Å²) < 4.78 is 11.1. The van der Waals surface area contributed by atoms with Crippen molar-refractivity contribution in [3.63, 3.8) is 0 Å². The summed E-state index contributed by atoms with van der Waals surface area (Å²) >= 11 is 0.939. The first kappa shape index (κ1) is 21.5. The summed E-state index contributed by atoms with van der Waals surface area (Å²) in [5.74, 6) is 3.18. The third-order valence-corrected chi connectivity index (χ3v) is 5.87. The van der Waals surface area contributed by atoms with Gasteiger partial charge in [-0.15, -0.1) is 6.42 Å². The molecule has 0 N–H and O–H groups in total. The highest BCUT2D eigenvalue weighted by Crippen LogP contribution is 2.36. The Bertz CT molecular complexity index is 1250. The number of hydrogen-bond acceptors (Lipinski definition) is 5. The van der Waals surface area contributed by atoms with Crippen molar-refractivity contribution in [3.8, 4) is 23.8 Å². The summed E-state index contributed by atoms with van der Waals surface area (Å²) in [5, 5.41) is 1.82. The first-order chi connectivity index (χ1) is 15.6. The van der Waals surface area contributed by atoms with E-state index in [4.69, 9.17) is 15.9 Å². The SMILES string of the molecule is C#CCOc1ccc(/C=C2/SC(=O)N(Cc3cccc4ccccc34)C2=O)cc1OCC. The van der Waals surface area contributed by atoms with Gasteiger partial charge in [-0.05, 0) is 58.8 Å². The van der Waals surface area contributed by atoms with Crippen LogP contribution in [-0.2, 0) is 11.3 Å². The van der Waals surface area contributed by atoms with Crippen molar-refractivity contribution < 1.29 is 19.1 Å². The zero-order chi connectivity index (χ0) is 22.5. The second-order valence-electron chi connectivity index (χ2n) is 7.04. The topological polar surface area (TPSA) is 55.8 Å². The van der Waals surface area contributed by atoms with E-state index in [-0.39, 0.29) is 24.3 Å². The Morgan fingerprint density at radius 2 is 1.84 bits per heavy atom. The highest BCUT2D eigenvalue weighted by molar-refractivity contribution is 8.18. The molecule has 3 aromatic rings. The van der Waals surface area contributed by atoms with Crippen LogP contribution in [0.3, 0.4) is 0 Å². The van der Waals surface area contributed by atoms with E-state index in [1.165, 1.54) is 4.90 Å². The zero-order valence-corrected chi connectivity index (χ0v) is 18.4. The van der Waals surface area contributed by atoms with Gasteiger partial charge in [0.05, 0.1) is 18.1 Å². The number of carbonyl (C=O) groups excluding carboxylic acids is 2. The molecule has 0 radical (unpaired) electrons. The van der Waals surface area contributed by atoms with Crippen molar-refractivity contribution in [2.75, 3.05) is 13.2 Å². The quantitative estimate of drug-likeness (QED) is 0.357. The molecular formula is C26H21NO4S. The molecule has 3 aromatic carbocycles. The smallest absolute Gasteiger partial charge is 0.293 e. The Balaban J connectivity index is 1.58. The van der Waals surface area contributed by atoms with Gasteiger partial charge in [0.25, 0.3) is 11.1 Å². The highest BCUT2D eigenvalue weighted by atomic mass is 32.2. The van der Waals surface area contributed by atoms with Crippen LogP contribution in [0.15, 0.2) is 65.6 Å². The molecule has 0 unspecified atom stereocenters. The molecule has 4 rings (SSSR count). The fraction of sp³-hybridized carbons (Fsp3) is 0.154. The molecule has 6 heteroatoms. The molecule has 0 aromatic heterocycles. The Morgan fingerprint density at radius 1 is 1.03 bits per heavy atom. The lowest BCUT2D eigenvalue weighted by molar-refractivity contribution is -0.123. The molecule has 0 spiro atoms. The van der Waals surface area contributed by atoms with Crippen molar-refractivity contribution in [1.29, 1.82) is 0 Å². The van der Waals surface area contributed by atoms with E-state index in [9.17, 15) is 9.59 Å². The van der Waals surface area contributed by atoms with Gasteiger partial charge in [0, 0.05) is 0 Å². The summed E-state index contributed by atoms with van der Waals surface area (Å²) in [5.41, 5.74) is 1.66. The van der Waals surface area contributed by atoms with Crippen molar-refractivity contribution in [2.45, 2.75) is 13.5 Å². The molecule has 0 atom stereocenters. The molecule has 5 nitrogen and oxygen atoms in total. The van der Waals surface area contributed by atoms with E-state index in [0.717, 1.165) is 33.7 Å². The van der Waals surface area contributed by atoms with E-state index in [1.807, 2.05) is 49.4 Å². The maximum Gasteiger partial charge on any atom is 0.293 e. The first-order valence-electron chi connectivity index (χ1n) is 10.2. The van der Waals surface area contributed by atoms with Crippen LogP contribution in [0.25, 0.3) is 16.8 Å². The van der Waals surface area contributed by atoms with Gasteiger partial charge in [-0.1, -0.05) is 54.5 Å². The minimum atomic E-state index is -0.307. The minimum absolute atomic E-state index is 0.131. The molecule has 1 aliphatic rings. The Hall–Kier alpha value is -3.69. The molecule has 1 heterocycles. The van der Waals surface area contributed by atoms with Crippen molar-refractivity contribution in [3.05, 3.63) is 76.7 Å². The number of benzene rings is 3. The number of ether oxygens (including phenoxy) is 2. The number of amides is 2. The Labute approximate surface area is 191 Å². The normalized spacial score (nSPS) is 14.8. The van der Waals surface area contributed by atoms with Crippen molar-refractivity contribution in [1.82, 2.24) is 4.90 Å². The van der Waals surface area contributed by atoms with Gasteiger partial charge in [-0.2, -0.15) is 0 Å². The lowest BCUT2D eigenvalue weighted by atomic mass is 10.0. The molecule has 1 aliphatic heterocycles. The standard InChI is InChI=1S/C26H21NO4S/c1-3-14-31-22-13-12-18(15-23(22)30-4-2)16-24-25(28)27(26(29)32-24)17-20-10-7-9-19-8-5-6-11-21(19)20/h1,5-13,15-16H,4,14,17H2,2H3/b24-16+. The van der Waals surface area contributed by atoms with Crippen LogP contribution in [0.1, 0.15) is 18.1 Å². The lowest BCUT2D eigenvalue weighted by Crippen LogP contribution is -2.27. The summed E-state index contributed by atoms with van der Waals surface area (Å²) in [6.07, 6.45) is 6.96. The summed E-state index contributed by atoms with van der Waals surface area (Å²) in [6, 6.07) is 19.1. The molecular weight excluding hydrogens is 422 g/mol. The summed E-state index contributed by atoms with van der Waals surface area (Å²) in [6.45, 7) is 2.69. The third-order valence-electron chi connectivity index (χ3n) is 4.96. The minimum Gasteiger partial charge on any atom is -0.490 e. The van der Waals surface area contributed by atoms with Gasteiger partial charge in [0.15, 0.2) is 11.5 Å². The van der Waals surface area contributed by atoms with Crippen LogP contribution in [-0.4, -0.2) is 29.3 Å². The largest absolute Gasteiger partial charge is 0.490 e. The molecule has 160 valence electrons. The van der Waals surface area contributed by atoms with Gasteiger partial charge in [-0.3, -0.25) is 14.5 Å². The summed E-state index contributed by atoms with van der Waals surface area (Å²) in [7, 11) is 0. The molecule has 0 aliphatic carbocycles. The number of hydrogen-bond donors (Lipinski definition) is 0. The predicted molar refractivity (Wildman–Crippen MR) is 127 cm³/mol. The number of rotatable bonds is 7. The van der Waals surface area contributed by atoms with Crippen LogP contribution in [0, 0.1) is 12.3 Å². The third kappa shape index (κ3) is 4.48. The number of fused-ring (bicyclic) bond motifs is 1. The fourth-order valence-corrected chi connectivity index (χ4v) is 4.35. The van der Waals surface area contributed by atoms with Gasteiger partial charge >= 0.3 is 0 Å². The lowest BCUT2D eigenvalue weighted by Gasteiger charge is -2.14. The monoisotopic (exact) mass is 443 g/mol. The average molecular weight is 444 g/mol. The van der Waals surface area contributed by atoms with Crippen molar-refractivity contribution >= 4 is 39.8 Å². The van der Waals surface area contributed by atoms with Crippen LogP contribution < -0.4 is 9.47 Å². The average Bonchev–Trinajstić information content (AvgIpc) is 3.06. The van der Waals surface area contributed by atoms with Crippen LogP contribution in [0.2, 0.25) is 0 Å². The molecule has 32 heavy (non-hydrogen) atoms. The molecule has 0 bridgehead atoms. The second kappa shape index (κ2) is 9.63. The fourth-order valence-electron chi connectivity index (χ4n) is 3.51. The Morgan fingerprint density at radius 3 is 2.66 bits per heavy atom. The number of nitrogens with zero attached hydrogens (tertiary/aromatic N) is 1. The molecule has 1 fully saturated rings. The van der Waals surface area contributed by atoms with Gasteiger partial charge < -0.3 is 9.47 Å². The maximum absolute atomic E-state index is 13.0. The van der Waals surface area contributed by atoms with Gasteiger partial charge in [-0.25, -0.2) is 0 Å². The van der Waals surface area contributed by atoms with E-state index >= 15 is 0 Å². The van der Waals surface area contributed by atoms with Gasteiger partial charge in [0.2, 0.25) is 0 Å². The number of thioether (sulfide) groups is 1. The van der Waals surface area contributed by atoms with Crippen molar-refractivity contribution in [2.24, 2.45) is 0 Å². The number of carbonyl (C=O) groups is 2. The Kier molecular flexibility index (Phi) is 6.48. The second-order valence-corrected chi connectivity index (χ2v) is 8.03.